The van der Waals surface area contributed by atoms with Crippen molar-refractivity contribution in [3.05, 3.63) is 0 Å². The number of hydrogen-bond donors (Lipinski definition) is 3. The van der Waals surface area contributed by atoms with E-state index in [1.807, 2.05) is 6.92 Å². The van der Waals surface area contributed by atoms with Crippen LogP contribution in [-0.2, 0) is 4.79 Å². The van der Waals surface area contributed by atoms with Gasteiger partial charge in [0.2, 0.25) is 0 Å². The van der Waals surface area contributed by atoms with Gasteiger partial charge in [-0.1, -0.05) is 6.92 Å². The molecular weight excluding hydrogens is 134 g/mol. The molecule has 0 aliphatic carbocycles. The Kier molecular flexibility index (Phi) is 10.2. The number of nitrogens with two attached hydrogens (primary N) is 1. The number of hydrogen-bond acceptors (Lipinski definition) is 3. The summed E-state index contributed by atoms with van der Waals surface area (Å²) in [6.45, 7) is 3.34. The van der Waals surface area contributed by atoms with Gasteiger partial charge >= 0.3 is 5.97 Å². The fourth-order valence-corrected chi connectivity index (χ4v) is 0.214. The van der Waals surface area contributed by atoms with E-state index >= 15 is 0 Å². The van der Waals surface area contributed by atoms with Crippen molar-refractivity contribution in [2.24, 2.45) is 5.73 Å². The lowest BCUT2D eigenvalue weighted by atomic mass is 10.4. The zero-order valence-electron chi connectivity index (χ0n) is 6.37. The second-order valence-corrected chi connectivity index (χ2v) is 1.88. The summed E-state index contributed by atoms with van der Waals surface area (Å²) in [5.41, 5.74) is 4.67. The second-order valence-electron chi connectivity index (χ2n) is 1.88. The van der Waals surface area contributed by atoms with Crippen LogP contribution >= 0.6 is 0 Å². The quantitative estimate of drug-likeness (QED) is 0.488. The molecule has 0 heterocycles. The number of carboxylic acids is 1. The number of aliphatic hydroxyl groups is 1. The molecule has 4 heteroatoms. The summed E-state index contributed by atoms with van der Waals surface area (Å²) < 4.78 is 0. The first-order valence-electron chi connectivity index (χ1n) is 3.16. The van der Waals surface area contributed by atoms with Crippen LogP contribution < -0.4 is 5.73 Å². The van der Waals surface area contributed by atoms with Crippen molar-refractivity contribution in [2.75, 3.05) is 0 Å². The molecule has 0 fully saturated rings. The maximum Gasteiger partial charge on any atom is 0.303 e. The van der Waals surface area contributed by atoms with Crippen molar-refractivity contribution in [2.45, 2.75) is 32.9 Å². The van der Waals surface area contributed by atoms with E-state index in [0.29, 0.717) is 6.42 Å². The zero-order chi connectivity index (χ0) is 8.57. The second kappa shape index (κ2) is 8.39. The Morgan fingerprint density at radius 2 is 2.00 bits per heavy atom. The molecule has 0 saturated carbocycles. The molecule has 0 saturated heterocycles. The van der Waals surface area contributed by atoms with Crippen molar-refractivity contribution < 1.29 is 15.0 Å². The Balaban J connectivity index is 0. The number of carbonyl (C=O) groups is 1. The summed E-state index contributed by atoms with van der Waals surface area (Å²) in [7, 11) is 0. The minimum absolute atomic E-state index is 0.292. The number of carboxylic acid groups (broad SMARTS) is 1. The normalized spacial score (nSPS) is 11.2. The fourth-order valence-electron chi connectivity index (χ4n) is 0.214. The van der Waals surface area contributed by atoms with E-state index in [2.05, 4.69) is 5.73 Å². The van der Waals surface area contributed by atoms with Crippen LogP contribution in [-0.4, -0.2) is 22.4 Å². The zero-order valence-corrected chi connectivity index (χ0v) is 6.37. The third-order valence-corrected chi connectivity index (χ3v) is 0.464. The fraction of sp³-hybridized carbons (Fsp3) is 0.833. The average Bonchev–Trinajstić information content (AvgIpc) is 1.62. The molecule has 1 atom stereocenters. The van der Waals surface area contributed by atoms with E-state index in [-0.39, 0.29) is 0 Å². The molecule has 0 amide bonds. The van der Waals surface area contributed by atoms with Crippen molar-refractivity contribution in [1.29, 1.82) is 0 Å². The van der Waals surface area contributed by atoms with E-state index in [1.54, 1.807) is 0 Å². The van der Waals surface area contributed by atoms with Gasteiger partial charge in [0, 0.05) is 6.42 Å². The van der Waals surface area contributed by atoms with Gasteiger partial charge < -0.3 is 15.9 Å². The van der Waals surface area contributed by atoms with E-state index in [4.69, 9.17) is 10.2 Å². The Morgan fingerprint density at radius 3 is 2.00 bits per heavy atom. The maximum absolute atomic E-state index is 9.60. The summed E-state index contributed by atoms with van der Waals surface area (Å²) in [5, 5.41) is 15.7. The Bertz CT molecular complexity index is 80.3. The van der Waals surface area contributed by atoms with Gasteiger partial charge in [0.05, 0.1) is 6.23 Å². The van der Waals surface area contributed by atoms with E-state index in [0.717, 1.165) is 6.42 Å². The molecule has 0 aromatic carbocycles. The molecule has 0 radical (unpaired) electrons. The van der Waals surface area contributed by atoms with E-state index in [1.165, 1.54) is 6.92 Å². The first-order valence-corrected chi connectivity index (χ1v) is 3.16. The largest absolute Gasteiger partial charge is 0.481 e. The lowest BCUT2D eigenvalue weighted by molar-refractivity contribution is -0.137. The lowest BCUT2D eigenvalue weighted by Crippen LogP contribution is -2.11. The molecule has 0 aromatic heterocycles. The van der Waals surface area contributed by atoms with Crippen LogP contribution in [0.2, 0.25) is 0 Å². The van der Waals surface area contributed by atoms with Crippen LogP contribution in [0.4, 0.5) is 0 Å². The molecule has 0 spiro atoms. The molecule has 4 N–H and O–H groups in total. The average molecular weight is 149 g/mol. The smallest absolute Gasteiger partial charge is 0.303 e. The third kappa shape index (κ3) is 52.8. The molecular formula is C6H15NO3. The summed E-state index contributed by atoms with van der Waals surface area (Å²) >= 11 is 0. The maximum atomic E-state index is 9.60. The molecule has 0 aromatic rings. The standard InChI is InChI=1S/C4H8O2.C2H7NO/c1-2-3-4(5)6;1-2(3)4/h2-3H2,1H3,(H,5,6);2,4H,3H2,1H3. The Labute approximate surface area is 60.7 Å². The number of rotatable bonds is 2. The minimum atomic E-state index is -0.711. The van der Waals surface area contributed by atoms with Gasteiger partial charge in [0.15, 0.2) is 0 Å². The lowest BCUT2D eigenvalue weighted by Gasteiger charge is -1.82. The highest BCUT2D eigenvalue weighted by atomic mass is 16.4. The highest BCUT2D eigenvalue weighted by Gasteiger charge is 1.87. The first kappa shape index (κ1) is 12.1. The molecule has 0 aliphatic rings. The van der Waals surface area contributed by atoms with Gasteiger partial charge in [-0.15, -0.1) is 0 Å². The predicted molar refractivity (Wildman–Crippen MR) is 38.4 cm³/mol. The summed E-state index contributed by atoms with van der Waals surface area (Å²) in [5.74, 6) is -0.711. The van der Waals surface area contributed by atoms with Crippen molar-refractivity contribution in [3.8, 4) is 0 Å². The number of aliphatic carboxylic acids is 1. The van der Waals surface area contributed by atoms with Crippen molar-refractivity contribution in [3.63, 3.8) is 0 Å². The molecule has 0 rings (SSSR count). The molecule has 10 heavy (non-hydrogen) atoms. The van der Waals surface area contributed by atoms with Gasteiger partial charge in [-0.25, -0.2) is 0 Å². The first-order chi connectivity index (χ1) is 4.50. The Hall–Kier alpha value is -0.610. The molecule has 1 unspecified atom stereocenters. The van der Waals surface area contributed by atoms with Crippen LogP contribution in [0.3, 0.4) is 0 Å². The van der Waals surface area contributed by atoms with Crippen molar-refractivity contribution >= 4 is 5.97 Å². The van der Waals surface area contributed by atoms with Gasteiger partial charge in [-0.3, -0.25) is 4.79 Å². The minimum Gasteiger partial charge on any atom is -0.481 e. The molecule has 0 bridgehead atoms. The van der Waals surface area contributed by atoms with E-state index < -0.39 is 12.2 Å². The number of aliphatic hydroxyl groups excluding tert-OH is 1. The highest BCUT2D eigenvalue weighted by molar-refractivity contribution is 5.66. The summed E-state index contributed by atoms with van der Waals surface area (Å²) in [4.78, 5) is 9.60. The molecule has 0 aliphatic heterocycles. The Morgan fingerprint density at radius 1 is 1.70 bits per heavy atom. The van der Waals surface area contributed by atoms with Crippen LogP contribution in [0.1, 0.15) is 26.7 Å². The van der Waals surface area contributed by atoms with Crippen LogP contribution in [0.15, 0.2) is 0 Å². The summed E-state index contributed by atoms with van der Waals surface area (Å²) in [6, 6.07) is 0. The third-order valence-electron chi connectivity index (χ3n) is 0.464. The van der Waals surface area contributed by atoms with Gasteiger partial charge in [-0.05, 0) is 13.3 Å². The van der Waals surface area contributed by atoms with Gasteiger partial charge in [-0.2, -0.15) is 0 Å². The topological polar surface area (TPSA) is 83.5 Å². The van der Waals surface area contributed by atoms with E-state index in [9.17, 15) is 4.79 Å². The predicted octanol–water partition coefficient (Wildman–Crippen LogP) is 0.154. The van der Waals surface area contributed by atoms with Crippen molar-refractivity contribution in [1.82, 2.24) is 0 Å². The van der Waals surface area contributed by atoms with Crippen LogP contribution in [0, 0.1) is 0 Å². The molecule has 62 valence electrons. The summed E-state index contributed by atoms with van der Waals surface area (Å²) in [6.07, 6.45) is 0.356. The SMILES string of the molecule is CC(N)O.CCCC(=O)O. The van der Waals surface area contributed by atoms with Crippen LogP contribution in [0.25, 0.3) is 0 Å². The monoisotopic (exact) mass is 149 g/mol. The van der Waals surface area contributed by atoms with Crippen LogP contribution in [0.5, 0.6) is 0 Å². The van der Waals surface area contributed by atoms with Gasteiger partial charge in [0.25, 0.3) is 0 Å². The highest BCUT2D eigenvalue weighted by Crippen LogP contribution is 1.82. The molecule has 4 nitrogen and oxygen atoms in total. The van der Waals surface area contributed by atoms with Gasteiger partial charge in [0.1, 0.15) is 0 Å².